The van der Waals surface area contributed by atoms with Crippen LogP contribution in [0.15, 0.2) is 91.0 Å². The number of hydrogen-bond acceptors (Lipinski definition) is 2. The summed E-state index contributed by atoms with van der Waals surface area (Å²) in [5, 5.41) is 0. The number of nitrogens with zero attached hydrogens (tertiary/aromatic N) is 2. The van der Waals surface area contributed by atoms with E-state index in [4.69, 9.17) is 9.97 Å². The summed E-state index contributed by atoms with van der Waals surface area (Å²) < 4.78 is 0. The Hall–Kier alpha value is -3.26. The largest absolute Gasteiger partial charge is 0.228 e. The van der Waals surface area contributed by atoms with Crippen molar-refractivity contribution >= 4 is 0 Å². The minimum Gasteiger partial charge on any atom is -0.228 e. The molecule has 0 spiro atoms. The van der Waals surface area contributed by atoms with E-state index in [1.54, 1.807) is 0 Å². The first-order valence-corrected chi connectivity index (χ1v) is 8.93. The Morgan fingerprint density at radius 2 is 1.12 bits per heavy atom. The van der Waals surface area contributed by atoms with Gasteiger partial charge in [0.1, 0.15) is 0 Å². The smallest absolute Gasteiger partial charge is 0.160 e. The summed E-state index contributed by atoms with van der Waals surface area (Å²) in [5.74, 6) is 0.764. The van der Waals surface area contributed by atoms with E-state index in [9.17, 15) is 0 Å². The second kappa shape index (κ2) is 7.32. The van der Waals surface area contributed by atoms with E-state index in [1.165, 1.54) is 5.56 Å². The Labute approximate surface area is 154 Å². The van der Waals surface area contributed by atoms with Gasteiger partial charge in [0.15, 0.2) is 5.82 Å². The van der Waals surface area contributed by atoms with Gasteiger partial charge in [-0.25, -0.2) is 9.97 Å². The van der Waals surface area contributed by atoms with E-state index >= 15 is 0 Å². The fourth-order valence-corrected chi connectivity index (χ4v) is 3.02. The normalized spacial score (nSPS) is 10.7. The van der Waals surface area contributed by atoms with Gasteiger partial charge in [0, 0.05) is 16.7 Å². The maximum atomic E-state index is 4.86. The van der Waals surface area contributed by atoms with Crippen molar-refractivity contribution in [3.05, 3.63) is 96.6 Å². The second-order valence-corrected chi connectivity index (χ2v) is 6.25. The van der Waals surface area contributed by atoms with Crippen LogP contribution < -0.4 is 0 Å². The predicted octanol–water partition coefficient (Wildman–Crippen LogP) is 6.04. The maximum absolute atomic E-state index is 4.86. The summed E-state index contributed by atoms with van der Waals surface area (Å²) in [4.78, 5) is 9.73. The molecule has 0 aliphatic rings. The fraction of sp³-hybridized carbons (Fsp3) is 0.0833. The molecular weight excluding hydrogens is 316 g/mol. The number of rotatable bonds is 4. The Kier molecular flexibility index (Phi) is 4.57. The summed E-state index contributed by atoms with van der Waals surface area (Å²) in [7, 11) is 0. The van der Waals surface area contributed by atoms with Crippen LogP contribution in [0.5, 0.6) is 0 Å². The average Bonchev–Trinajstić information content (AvgIpc) is 2.75. The van der Waals surface area contributed by atoms with Gasteiger partial charge in [-0.05, 0) is 24.1 Å². The number of benzene rings is 3. The molecular formula is C24H20N2. The molecule has 2 nitrogen and oxygen atoms in total. The lowest BCUT2D eigenvalue weighted by Crippen LogP contribution is -1.96. The number of aryl methyl sites for hydroxylation is 1. The van der Waals surface area contributed by atoms with Gasteiger partial charge < -0.3 is 0 Å². The van der Waals surface area contributed by atoms with Crippen LogP contribution in [0.3, 0.4) is 0 Å². The first-order chi connectivity index (χ1) is 12.8. The molecule has 0 bridgehead atoms. The van der Waals surface area contributed by atoms with Gasteiger partial charge in [0.25, 0.3) is 0 Å². The Morgan fingerprint density at radius 3 is 1.65 bits per heavy atom. The van der Waals surface area contributed by atoms with Crippen molar-refractivity contribution in [3.63, 3.8) is 0 Å². The molecule has 126 valence electrons. The zero-order valence-electron chi connectivity index (χ0n) is 14.8. The van der Waals surface area contributed by atoms with Crippen LogP contribution in [0.1, 0.15) is 12.5 Å². The van der Waals surface area contributed by atoms with E-state index in [0.717, 1.165) is 40.3 Å². The SMILES string of the molecule is CCc1cccc(-c2nc(-c3ccccc3)cc(-c3ccccc3)n2)c1. The number of aromatic nitrogens is 2. The quantitative estimate of drug-likeness (QED) is 0.454. The van der Waals surface area contributed by atoms with Gasteiger partial charge in [0.05, 0.1) is 11.4 Å². The molecule has 2 heteroatoms. The van der Waals surface area contributed by atoms with Crippen molar-refractivity contribution in [2.75, 3.05) is 0 Å². The van der Waals surface area contributed by atoms with E-state index in [1.807, 2.05) is 36.4 Å². The molecule has 0 radical (unpaired) electrons. The summed E-state index contributed by atoms with van der Waals surface area (Å²) >= 11 is 0. The lowest BCUT2D eigenvalue weighted by Gasteiger charge is -2.10. The van der Waals surface area contributed by atoms with Crippen LogP contribution in [0.25, 0.3) is 33.9 Å². The Morgan fingerprint density at radius 1 is 0.577 bits per heavy atom. The molecule has 0 aliphatic heterocycles. The fourth-order valence-electron chi connectivity index (χ4n) is 3.02. The molecule has 0 fully saturated rings. The molecule has 26 heavy (non-hydrogen) atoms. The second-order valence-electron chi connectivity index (χ2n) is 6.25. The van der Waals surface area contributed by atoms with E-state index in [2.05, 4.69) is 61.5 Å². The van der Waals surface area contributed by atoms with Gasteiger partial charge in [0.2, 0.25) is 0 Å². The topological polar surface area (TPSA) is 25.8 Å². The first kappa shape index (κ1) is 16.2. The highest BCUT2D eigenvalue weighted by Crippen LogP contribution is 2.27. The van der Waals surface area contributed by atoms with Crippen molar-refractivity contribution in [1.82, 2.24) is 9.97 Å². The summed E-state index contributed by atoms with van der Waals surface area (Å²) in [6, 6.07) is 31.1. The molecule has 4 rings (SSSR count). The molecule has 3 aromatic carbocycles. The lowest BCUT2D eigenvalue weighted by atomic mass is 10.1. The minimum absolute atomic E-state index is 0.764. The highest BCUT2D eigenvalue weighted by molar-refractivity contribution is 5.71. The molecule has 0 saturated carbocycles. The van der Waals surface area contributed by atoms with Gasteiger partial charge >= 0.3 is 0 Å². The van der Waals surface area contributed by atoms with Gasteiger partial charge in [-0.15, -0.1) is 0 Å². The number of hydrogen-bond donors (Lipinski definition) is 0. The zero-order valence-corrected chi connectivity index (χ0v) is 14.8. The molecule has 1 aromatic heterocycles. The minimum atomic E-state index is 0.764. The molecule has 1 heterocycles. The Balaban J connectivity index is 1.90. The van der Waals surface area contributed by atoms with Gasteiger partial charge in [-0.2, -0.15) is 0 Å². The van der Waals surface area contributed by atoms with Gasteiger partial charge in [-0.1, -0.05) is 85.8 Å². The average molecular weight is 336 g/mol. The van der Waals surface area contributed by atoms with Crippen molar-refractivity contribution in [2.45, 2.75) is 13.3 Å². The molecule has 0 atom stereocenters. The van der Waals surface area contributed by atoms with Gasteiger partial charge in [-0.3, -0.25) is 0 Å². The molecule has 0 aliphatic carbocycles. The molecule has 0 saturated heterocycles. The molecule has 0 N–H and O–H groups in total. The van der Waals surface area contributed by atoms with Crippen LogP contribution in [0.2, 0.25) is 0 Å². The summed E-state index contributed by atoms with van der Waals surface area (Å²) in [6.07, 6.45) is 0.998. The van der Waals surface area contributed by atoms with Crippen molar-refractivity contribution in [1.29, 1.82) is 0 Å². The van der Waals surface area contributed by atoms with E-state index in [0.29, 0.717) is 0 Å². The highest BCUT2D eigenvalue weighted by Gasteiger charge is 2.10. The van der Waals surface area contributed by atoms with E-state index < -0.39 is 0 Å². The third kappa shape index (κ3) is 3.40. The predicted molar refractivity (Wildman–Crippen MR) is 108 cm³/mol. The first-order valence-electron chi connectivity index (χ1n) is 8.93. The highest BCUT2D eigenvalue weighted by atomic mass is 14.9. The van der Waals surface area contributed by atoms with E-state index in [-0.39, 0.29) is 0 Å². The van der Waals surface area contributed by atoms with Crippen LogP contribution in [-0.4, -0.2) is 9.97 Å². The van der Waals surface area contributed by atoms with Crippen LogP contribution >= 0.6 is 0 Å². The third-order valence-electron chi connectivity index (χ3n) is 4.46. The van der Waals surface area contributed by atoms with Crippen molar-refractivity contribution in [3.8, 4) is 33.9 Å². The Bertz CT molecular complexity index is 951. The molecule has 4 aromatic rings. The maximum Gasteiger partial charge on any atom is 0.160 e. The molecule has 0 amide bonds. The van der Waals surface area contributed by atoms with Crippen LogP contribution in [0.4, 0.5) is 0 Å². The third-order valence-corrected chi connectivity index (χ3v) is 4.46. The standard InChI is InChI=1S/C24H20N2/c1-2-18-10-9-15-21(16-18)24-25-22(19-11-5-3-6-12-19)17-23(26-24)20-13-7-4-8-14-20/h3-17H,2H2,1H3. The zero-order chi connectivity index (χ0) is 17.8. The van der Waals surface area contributed by atoms with Crippen molar-refractivity contribution in [2.24, 2.45) is 0 Å². The van der Waals surface area contributed by atoms with Crippen LogP contribution in [-0.2, 0) is 6.42 Å². The van der Waals surface area contributed by atoms with Crippen LogP contribution in [0, 0.1) is 0 Å². The van der Waals surface area contributed by atoms with Crippen molar-refractivity contribution < 1.29 is 0 Å². The lowest BCUT2D eigenvalue weighted by molar-refractivity contribution is 1.13. The monoisotopic (exact) mass is 336 g/mol. The summed E-state index contributed by atoms with van der Waals surface area (Å²) in [6.45, 7) is 2.16. The summed E-state index contributed by atoms with van der Waals surface area (Å²) in [5.41, 5.74) is 6.42. The molecule has 0 unspecified atom stereocenters.